The summed E-state index contributed by atoms with van der Waals surface area (Å²) in [7, 11) is 4.36. The molecule has 0 unspecified atom stereocenters. The van der Waals surface area contributed by atoms with Crippen LogP contribution in [-0.4, -0.2) is 29.9 Å². The quantitative estimate of drug-likeness (QED) is 0.558. The highest BCUT2D eigenvalue weighted by atomic mass is 28.1. The highest BCUT2D eigenvalue weighted by Gasteiger charge is 2.24. The number of hydrogen-bond acceptors (Lipinski definition) is 3. The molecule has 3 nitrogen and oxygen atoms in total. The standard InChI is InChI=1S/C9H22O2Si.H3N/c1-8(2,3)6-7-9(12,10-4)11-5;/h6-7H2,1-5,12H3;1H3. The lowest BCUT2D eigenvalue weighted by atomic mass is 9.90. The van der Waals surface area contributed by atoms with Crippen molar-refractivity contribution < 1.29 is 9.47 Å². The first-order valence-electron chi connectivity index (χ1n) is 4.43. The zero-order valence-electron chi connectivity index (χ0n) is 9.94. The molecule has 0 spiro atoms. The summed E-state index contributed by atoms with van der Waals surface area (Å²) in [6.07, 6.45) is 2.13. The van der Waals surface area contributed by atoms with Crippen LogP contribution < -0.4 is 6.15 Å². The Bertz CT molecular complexity index is 130. The lowest BCUT2D eigenvalue weighted by Crippen LogP contribution is -2.35. The van der Waals surface area contributed by atoms with Gasteiger partial charge in [0.05, 0.1) is 10.2 Å². The number of ether oxygens (including phenoxy) is 2. The molecule has 13 heavy (non-hydrogen) atoms. The molecule has 0 saturated carbocycles. The third-order valence-corrected chi connectivity index (χ3v) is 3.51. The maximum atomic E-state index is 5.32. The fourth-order valence-corrected chi connectivity index (χ4v) is 1.14. The predicted octanol–water partition coefficient (Wildman–Crippen LogP) is 1.29. The second-order valence-corrected chi connectivity index (χ2v) is 6.13. The molecule has 0 aliphatic rings. The molecule has 0 heterocycles. The van der Waals surface area contributed by atoms with Crippen molar-refractivity contribution in [2.45, 2.75) is 39.0 Å². The second kappa shape index (κ2) is 5.75. The van der Waals surface area contributed by atoms with E-state index in [0.29, 0.717) is 5.41 Å². The largest absolute Gasteiger partial charge is 0.358 e. The number of hydrogen-bond donors (Lipinski definition) is 1. The molecule has 0 aliphatic heterocycles. The van der Waals surface area contributed by atoms with Crippen LogP contribution in [0.5, 0.6) is 0 Å². The van der Waals surface area contributed by atoms with E-state index in [0.717, 1.165) is 23.1 Å². The molecule has 3 N–H and O–H groups in total. The zero-order valence-corrected chi connectivity index (χ0v) is 11.9. The highest BCUT2D eigenvalue weighted by molar-refractivity contribution is 6.13. The topological polar surface area (TPSA) is 53.5 Å². The summed E-state index contributed by atoms with van der Waals surface area (Å²) in [6, 6.07) is 0. The van der Waals surface area contributed by atoms with Gasteiger partial charge in [-0.3, -0.25) is 0 Å². The first-order valence-corrected chi connectivity index (χ1v) is 5.43. The van der Waals surface area contributed by atoms with E-state index in [2.05, 4.69) is 20.8 Å². The summed E-state index contributed by atoms with van der Waals surface area (Å²) >= 11 is 0. The van der Waals surface area contributed by atoms with Gasteiger partial charge in [0, 0.05) is 14.2 Å². The molecule has 0 fully saturated rings. The van der Waals surface area contributed by atoms with E-state index in [-0.39, 0.29) is 11.6 Å². The first-order chi connectivity index (χ1) is 5.33. The minimum Gasteiger partial charge on any atom is -0.358 e. The summed E-state index contributed by atoms with van der Waals surface area (Å²) in [5, 5.41) is 0. The Morgan fingerprint density at radius 1 is 1.00 bits per heavy atom. The predicted molar refractivity (Wildman–Crippen MR) is 60.4 cm³/mol. The monoisotopic (exact) mass is 207 g/mol. The van der Waals surface area contributed by atoms with Crippen LogP contribution in [0.2, 0.25) is 0 Å². The molecule has 0 rings (SSSR count). The molecule has 0 aromatic carbocycles. The summed E-state index contributed by atoms with van der Waals surface area (Å²) in [4.78, 5) is 0. The Labute approximate surface area is 85.2 Å². The Morgan fingerprint density at radius 2 is 1.38 bits per heavy atom. The van der Waals surface area contributed by atoms with Crippen LogP contribution in [0.25, 0.3) is 0 Å². The van der Waals surface area contributed by atoms with Gasteiger partial charge in [0.15, 0.2) is 0 Å². The van der Waals surface area contributed by atoms with E-state index in [1.165, 1.54) is 0 Å². The normalized spacial score (nSPS) is 12.7. The lowest BCUT2D eigenvalue weighted by Gasteiger charge is -2.30. The fraction of sp³-hybridized carbons (Fsp3) is 1.00. The number of rotatable bonds is 4. The molecular formula is C9H25NO2Si. The Hall–Kier alpha value is 0.0969. The van der Waals surface area contributed by atoms with Crippen molar-refractivity contribution in [3.8, 4) is 0 Å². The molecule has 0 aliphatic carbocycles. The molecule has 0 radical (unpaired) electrons. The summed E-state index contributed by atoms with van der Waals surface area (Å²) in [5.41, 5.74) is 0.0972. The average Bonchev–Trinajstić information content (AvgIpc) is 1.99. The van der Waals surface area contributed by atoms with Crippen LogP contribution >= 0.6 is 0 Å². The highest BCUT2D eigenvalue weighted by Crippen LogP contribution is 2.25. The Morgan fingerprint density at radius 3 is 1.62 bits per heavy atom. The Kier molecular flexibility index (Phi) is 6.88. The summed E-state index contributed by atoms with van der Waals surface area (Å²) in [5.74, 6) is 0. The van der Waals surface area contributed by atoms with Crippen LogP contribution in [-0.2, 0) is 9.47 Å². The third kappa shape index (κ3) is 7.19. The van der Waals surface area contributed by atoms with Gasteiger partial charge >= 0.3 is 0 Å². The smallest absolute Gasteiger partial charge is 0.140 e. The van der Waals surface area contributed by atoms with Gasteiger partial charge in [-0.2, -0.15) is 0 Å². The van der Waals surface area contributed by atoms with Crippen molar-refractivity contribution >= 4 is 10.2 Å². The molecule has 82 valence electrons. The van der Waals surface area contributed by atoms with Crippen LogP contribution in [0.15, 0.2) is 0 Å². The summed E-state index contributed by atoms with van der Waals surface area (Å²) in [6.45, 7) is 6.71. The fourth-order valence-electron chi connectivity index (χ4n) is 0.890. The molecule has 0 amide bonds. The van der Waals surface area contributed by atoms with Crippen LogP contribution in [0.1, 0.15) is 33.6 Å². The minimum atomic E-state index is -0.271. The maximum absolute atomic E-state index is 5.32. The van der Waals surface area contributed by atoms with Gasteiger partial charge in [0.2, 0.25) is 0 Å². The van der Waals surface area contributed by atoms with E-state index >= 15 is 0 Å². The van der Waals surface area contributed by atoms with Gasteiger partial charge < -0.3 is 15.6 Å². The van der Waals surface area contributed by atoms with E-state index < -0.39 is 0 Å². The van der Waals surface area contributed by atoms with E-state index in [1.807, 2.05) is 0 Å². The Balaban J connectivity index is 0. The van der Waals surface area contributed by atoms with Crippen LogP contribution in [0.3, 0.4) is 0 Å². The molecule has 0 atom stereocenters. The van der Waals surface area contributed by atoms with E-state index in [4.69, 9.17) is 9.47 Å². The molecule has 0 saturated heterocycles. The molecule has 0 bridgehead atoms. The van der Waals surface area contributed by atoms with Crippen LogP contribution in [0, 0.1) is 5.41 Å². The van der Waals surface area contributed by atoms with Gasteiger partial charge in [0.1, 0.15) is 5.41 Å². The van der Waals surface area contributed by atoms with E-state index in [1.54, 1.807) is 14.2 Å². The average molecular weight is 207 g/mol. The SMILES string of the molecule is COC([SiH3])(CCC(C)(C)C)OC.N. The molecule has 4 heteroatoms. The lowest BCUT2D eigenvalue weighted by molar-refractivity contribution is -0.149. The number of methoxy groups -OCH3 is 2. The van der Waals surface area contributed by atoms with Crippen molar-refractivity contribution in [1.29, 1.82) is 0 Å². The van der Waals surface area contributed by atoms with E-state index in [9.17, 15) is 0 Å². The minimum absolute atomic E-state index is 0. The van der Waals surface area contributed by atoms with Crippen LogP contribution in [0.4, 0.5) is 0 Å². The van der Waals surface area contributed by atoms with Gasteiger partial charge in [-0.15, -0.1) is 0 Å². The molecule has 0 aromatic rings. The van der Waals surface area contributed by atoms with Gasteiger partial charge in [-0.1, -0.05) is 20.8 Å². The van der Waals surface area contributed by atoms with Crippen molar-refractivity contribution in [3.63, 3.8) is 0 Å². The molecular weight excluding hydrogens is 182 g/mol. The first kappa shape index (κ1) is 15.6. The van der Waals surface area contributed by atoms with Crippen molar-refractivity contribution in [2.24, 2.45) is 5.41 Å². The van der Waals surface area contributed by atoms with Crippen molar-refractivity contribution in [2.75, 3.05) is 14.2 Å². The van der Waals surface area contributed by atoms with Crippen molar-refractivity contribution in [1.82, 2.24) is 6.15 Å². The third-order valence-electron chi connectivity index (χ3n) is 2.19. The van der Waals surface area contributed by atoms with Gasteiger partial charge in [0.25, 0.3) is 0 Å². The molecule has 0 aromatic heterocycles. The maximum Gasteiger partial charge on any atom is 0.140 e. The van der Waals surface area contributed by atoms with Crippen molar-refractivity contribution in [3.05, 3.63) is 0 Å². The summed E-state index contributed by atoms with van der Waals surface area (Å²) < 4.78 is 10.6. The van der Waals surface area contributed by atoms with Gasteiger partial charge in [-0.25, -0.2) is 0 Å². The van der Waals surface area contributed by atoms with Gasteiger partial charge in [-0.05, 0) is 18.3 Å². The zero-order chi connectivity index (χ0) is 9.83. The second-order valence-electron chi connectivity index (χ2n) is 4.60.